The van der Waals surface area contributed by atoms with Gasteiger partial charge in [-0.15, -0.1) is 0 Å². The molecule has 2 aromatic heterocycles. The molecule has 0 saturated carbocycles. The van der Waals surface area contributed by atoms with Gasteiger partial charge in [0.15, 0.2) is 5.65 Å². The summed E-state index contributed by atoms with van der Waals surface area (Å²) in [5.41, 5.74) is 5.32. The molecule has 160 valence electrons. The Kier molecular flexibility index (Phi) is 6.16. The van der Waals surface area contributed by atoms with E-state index in [1.54, 1.807) is 0 Å². The van der Waals surface area contributed by atoms with Gasteiger partial charge in [0, 0.05) is 18.8 Å². The molecule has 2 heterocycles. The van der Waals surface area contributed by atoms with Crippen LogP contribution in [-0.2, 0) is 0 Å². The average molecular weight is 415 g/mol. The maximum Gasteiger partial charge on any atom is 0.229 e. The molecule has 0 saturated heterocycles. The number of nitrogens with zero attached hydrogens (tertiary/aromatic N) is 5. The normalized spacial score (nSPS) is 11.1. The van der Waals surface area contributed by atoms with E-state index in [-0.39, 0.29) is 0 Å². The number of rotatable bonds is 8. The predicted molar refractivity (Wildman–Crippen MR) is 129 cm³/mol. The van der Waals surface area contributed by atoms with Crippen molar-refractivity contribution in [2.45, 2.75) is 40.5 Å². The van der Waals surface area contributed by atoms with E-state index in [9.17, 15) is 0 Å². The fourth-order valence-corrected chi connectivity index (χ4v) is 3.70. The largest absolute Gasteiger partial charge is 0.341 e. The molecule has 0 bridgehead atoms. The zero-order valence-corrected chi connectivity index (χ0v) is 18.8. The number of fused-ring (bicyclic) bond motifs is 1. The molecule has 2 aromatic carbocycles. The third kappa shape index (κ3) is 4.38. The van der Waals surface area contributed by atoms with Crippen LogP contribution in [0.1, 0.15) is 37.8 Å². The van der Waals surface area contributed by atoms with Crippen molar-refractivity contribution < 1.29 is 0 Å². The maximum atomic E-state index is 4.96. The van der Waals surface area contributed by atoms with E-state index in [0.717, 1.165) is 60.1 Å². The molecule has 0 fully saturated rings. The zero-order valence-electron chi connectivity index (χ0n) is 18.8. The van der Waals surface area contributed by atoms with Crippen LogP contribution in [0.2, 0.25) is 0 Å². The lowest BCUT2D eigenvalue weighted by atomic mass is 10.1. The van der Waals surface area contributed by atoms with Crippen LogP contribution in [0.4, 0.5) is 17.5 Å². The first kappa shape index (κ1) is 20.8. The van der Waals surface area contributed by atoms with Crippen LogP contribution in [-0.4, -0.2) is 32.8 Å². The number of anilines is 3. The van der Waals surface area contributed by atoms with Gasteiger partial charge in [-0.2, -0.15) is 15.1 Å². The lowest BCUT2D eigenvalue weighted by molar-refractivity contribution is 0.722. The summed E-state index contributed by atoms with van der Waals surface area (Å²) in [7, 11) is 0. The first-order valence-corrected chi connectivity index (χ1v) is 11.0. The Morgan fingerprint density at radius 3 is 2.32 bits per heavy atom. The number of aromatic nitrogens is 4. The highest BCUT2D eigenvalue weighted by atomic mass is 15.3. The topological polar surface area (TPSA) is 58.9 Å². The third-order valence-corrected chi connectivity index (χ3v) is 5.46. The second-order valence-corrected chi connectivity index (χ2v) is 7.91. The second kappa shape index (κ2) is 9.16. The smallest absolute Gasteiger partial charge is 0.229 e. The lowest BCUT2D eigenvalue weighted by Gasteiger charge is -2.22. The van der Waals surface area contributed by atoms with E-state index < -0.39 is 0 Å². The average Bonchev–Trinajstić information content (AvgIpc) is 3.21. The number of hydrogen-bond donors (Lipinski definition) is 1. The number of hydrogen-bond acceptors (Lipinski definition) is 5. The second-order valence-electron chi connectivity index (χ2n) is 7.91. The Morgan fingerprint density at radius 1 is 0.903 bits per heavy atom. The van der Waals surface area contributed by atoms with Gasteiger partial charge in [-0.3, -0.25) is 0 Å². The fourth-order valence-electron chi connectivity index (χ4n) is 3.70. The highest BCUT2D eigenvalue weighted by molar-refractivity contribution is 5.90. The van der Waals surface area contributed by atoms with Crippen molar-refractivity contribution in [2.24, 2.45) is 0 Å². The van der Waals surface area contributed by atoms with E-state index >= 15 is 0 Å². The molecule has 0 spiro atoms. The molecule has 0 atom stereocenters. The third-order valence-electron chi connectivity index (χ3n) is 5.46. The van der Waals surface area contributed by atoms with Crippen LogP contribution < -0.4 is 10.2 Å². The van der Waals surface area contributed by atoms with Gasteiger partial charge >= 0.3 is 0 Å². The summed E-state index contributed by atoms with van der Waals surface area (Å²) in [6.07, 6.45) is 3.93. The first-order chi connectivity index (χ1) is 15.1. The first-order valence-electron chi connectivity index (χ1n) is 11.0. The molecule has 1 N–H and O–H groups in total. The van der Waals surface area contributed by atoms with Gasteiger partial charge in [0.1, 0.15) is 5.82 Å². The van der Waals surface area contributed by atoms with Gasteiger partial charge in [0.25, 0.3) is 0 Å². The number of aryl methyl sites for hydroxylation is 2. The summed E-state index contributed by atoms with van der Waals surface area (Å²) >= 11 is 0. The van der Waals surface area contributed by atoms with Crippen LogP contribution in [0.25, 0.3) is 16.7 Å². The molecule has 0 aliphatic heterocycles. The summed E-state index contributed by atoms with van der Waals surface area (Å²) in [6, 6.07) is 16.5. The molecule has 0 amide bonds. The molecule has 0 aliphatic rings. The summed E-state index contributed by atoms with van der Waals surface area (Å²) in [5.74, 6) is 1.52. The quantitative estimate of drug-likeness (QED) is 0.395. The lowest BCUT2D eigenvalue weighted by Crippen LogP contribution is -2.27. The summed E-state index contributed by atoms with van der Waals surface area (Å²) < 4.78 is 1.89. The molecule has 31 heavy (non-hydrogen) atoms. The standard InChI is InChI=1S/C25H30N6/c1-5-14-30(15-6-2)25-28-23(27-20-13-12-18(3)19(4)16-20)22-17-26-31(24(22)29-25)21-10-8-7-9-11-21/h7-13,16-17H,5-6,14-15H2,1-4H3,(H,27,28,29). The SMILES string of the molecule is CCCN(CCC)c1nc(Nc2ccc(C)c(C)c2)c2cnn(-c3ccccc3)c2n1. The Balaban J connectivity index is 1.86. The summed E-state index contributed by atoms with van der Waals surface area (Å²) in [4.78, 5) is 12.2. The van der Waals surface area contributed by atoms with Crippen molar-refractivity contribution in [3.05, 3.63) is 65.9 Å². The molecular formula is C25H30N6. The van der Waals surface area contributed by atoms with E-state index in [1.165, 1.54) is 11.1 Å². The van der Waals surface area contributed by atoms with Gasteiger partial charge < -0.3 is 10.2 Å². The van der Waals surface area contributed by atoms with Crippen molar-refractivity contribution in [1.29, 1.82) is 0 Å². The molecule has 0 unspecified atom stereocenters. The van der Waals surface area contributed by atoms with Gasteiger partial charge in [-0.25, -0.2) is 4.68 Å². The molecule has 6 nitrogen and oxygen atoms in total. The van der Waals surface area contributed by atoms with Crippen molar-refractivity contribution in [3.63, 3.8) is 0 Å². The number of para-hydroxylation sites is 1. The Labute approximate surface area is 184 Å². The minimum absolute atomic E-state index is 0.736. The molecule has 0 radical (unpaired) electrons. The van der Waals surface area contributed by atoms with Crippen molar-refractivity contribution in [3.8, 4) is 5.69 Å². The summed E-state index contributed by atoms with van der Waals surface area (Å²) in [6.45, 7) is 10.5. The van der Waals surface area contributed by atoms with Gasteiger partial charge in [0.2, 0.25) is 5.95 Å². The van der Waals surface area contributed by atoms with Crippen molar-refractivity contribution in [1.82, 2.24) is 19.7 Å². The van der Waals surface area contributed by atoms with Gasteiger partial charge in [-0.1, -0.05) is 38.1 Å². The minimum atomic E-state index is 0.736. The zero-order chi connectivity index (χ0) is 21.8. The molecular weight excluding hydrogens is 384 g/mol. The van der Waals surface area contributed by atoms with Crippen LogP contribution in [0.15, 0.2) is 54.7 Å². The predicted octanol–water partition coefficient (Wildman–Crippen LogP) is 5.80. The Hall–Kier alpha value is -3.41. The monoisotopic (exact) mass is 414 g/mol. The minimum Gasteiger partial charge on any atom is -0.341 e. The van der Waals surface area contributed by atoms with Gasteiger partial charge in [-0.05, 0) is 62.1 Å². The van der Waals surface area contributed by atoms with E-state index in [0.29, 0.717) is 0 Å². The van der Waals surface area contributed by atoms with E-state index in [1.807, 2.05) is 41.2 Å². The molecule has 6 heteroatoms. The van der Waals surface area contributed by atoms with Crippen LogP contribution in [0.3, 0.4) is 0 Å². The van der Waals surface area contributed by atoms with Crippen molar-refractivity contribution in [2.75, 3.05) is 23.3 Å². The highest BCUT2D eigenvalue weighted by Crippen LogP contribution is 2.28. The molecule has 4 aromatic rings. The Morgan fingerprint density at radius 2 is 1.65 bits per heavy atom. The van der Waals surface area contributed by atoms with Gasteiger partial charge in [0.05, 0.1) is 17.3 Å². The molecule has 0 aliphatic carbocycles. The number of nitrogens with one attached hydrogen (secondary N) is 1. The fraction of sp³-hybridized carbons (Fsp3) is 0.320. The maximum absolute atomic E-state index is 4.96. The van der Waals surface area contributed by atoms with Crippen molar-refractivity contribution >= 4 is 28.5 Å². The van der Waals surface area contributed by atoms with E-state index in [4.69, 9.17) is 9.97 Å². The van der Waals surface area contributed by atoms with E-state index in [2.05, 4.69) is 61.2 Å². The Bertz CT molecular complexity index is 1160. The van der Waals surface area contributed by atoms with Crippen LogP contribution >= 0.6 is 0 Å². The number of benzene rings is 2. The highest BCUT2D eigenvalue weighted by Gasteiger charge is 2.17. The van der Waals surface area contributed by atoms with Crippen LogP contribution in [0, 0.1) is 13.8 Å². The van der Waals surface area contributed by atoms with Crippen LogP contribution in [0.5, 0.6) is 0 Å². The summed E-state index contributed by atoms with van der Waals surface area (Å²) in [5, 5.41) is 9.08. The molecule has 4 rings (SSSR count).